The Kier molecular flexibility index (Phi) is 5.09. The number of hydrogen-bond donors (Lipinski definition) is 0. The molecule has 0 spiro atoms. The lowest BCUT2D eigenvalue weighted by molar-refractivity contribution is 0.152. The first-order valence-corrected chi connectivity index (χ1v) is 6.00. The molecular formula is C12H26N4. The van der Waals surface area contributed by atoms with Crippen LogP contribution in [-0.4, -0.2) is 80.1 Å². The van der Waals surface area contributed by atoms with Gasteiger partial charge in [-0.05, 0) is 35.1 Å². The number of nitrogens with zero attached hydrogens (tertiary/aromatic N) is 4. The Labute approximate surface area is 100 Å². The second-order valence-corrected chi connectivity index (χ2v) is 5.01. The van der Waals surface area contributed by atoms with Crippen LogP contribution in [0, 0.1) is 0 Å². The minimum absolute atomic E-state index is 0.500. The SMILES string of the molecule is CC1N(CCN(C)C)C=CN1CCN(C)C. The third-order valence-corrected chi connectivity index (χ3v) is 3.02. The van der Waals surface area contributed by atoms with E-state index < -0.39 is 0 Å². The highest BCUT2D eigenvalue weighted by atomic mass is 15.4. The summed E-state index contributed by atoms with van der Waals surface area (Å²) in [5.74, 6) is 0. The molecule has 0 amide bonds. The number of rotatable bonds is 6. The highest BCUT2D eigenvalue weighted by molar-refractivity contribution is 4.95. The van der Waals surface area contributed by atoms with Crippen LogP contribution in [0.1, 0.15) is 6.92 Å². The van der Waals surface area contributed by atoms with Crippen LogP contribution < -0.4 is 0 Å². The van der Waals surface area contributed by atoms with E-state index in [2.05, 4.69) is 67.1 Å². The standard InChI is InChI=1S/C12H26N4/c1-12-15(8-6-13(2)3)10-11-16(12)9-7-14(4)5/h10-12H,6-9H2,1-5H3. The van der Waals surface area contributed by atoms with Gasteiger partial charge in [-0.25, -0.2) is 0 Å². The van der Waals surface area contributed by atoms with Gasteiger partial charge >= 0.3 is 0 Å². The molecule has 0 N–H and O–H groups in total. The van der Waals surface area contributed by atoms with Crippen molar-refractivity contribution in [2.75, 3.05) is 54.4 Å². The third kappa shape index (κ3) is 4.02. The third-order valence-electron chi connectivity index (χ3n) is 3.02. The fourth-order valence-corrected chi connectivity index (χ4v) is 1.76. The fraction of sp³-hybridized carbons (Fsp3) is 0.833. The molecule has 4 nitrogen and oxygen atoms in total. The molecule has 94 valence electrons. The summed E-state index contributed by atoms with van der Waals surface area (Å²) in [4.78, 5) is 9.25. The summed E-state index contributed by atoms with van der Waals surface area (Å²) in [6, 6.07) is 0. The van der Waals surface area contributed by atoms with Crippen LogP contribution in [0.4, 0.5) is 0 Å². The molecule has 4 heteroatoms. The van der Waals surface area contributed by atoms with Gasteiger partial charge in [-0.15, -0.1) is 0 Å². The first-order valence-electron chi connectivity index (χ1n) is 6.00. The van der Waals surface area contributed by atoms with E-state index in [1.165, 1.54) is 0 Å². The van der Waals surface area contributed by atoms with Crippen molar-refractivity contribution in [2.45, 2.75) is 13.1 Å². The topological polar surface area (TPSA) is 13.0 Å². The Morgan fingerprint density at radius 2 is 1.25 bits per heavy atom. The Bertz CT molecular complexity index is 203. The molecule has 1 aliphatic rings. The lowest BCUT2D eigenvalue weighted by Crippen LogP contribution is -2.41. The molecule has 0 bridgehead atoms. The smallest absolute Gasteiger partial charge is 0.0978 e. The zero-order valence-electron chi connectivity index (χ0n) is 11.3. The van der Waals surface area contributed by atoms with Crippen LogP contribution in [-0.2, 0) is 0 Å². The highest BCUT2D eigenvalue weighted by Crippen LogP contribution is 2.14. The normalized spacial score (nSPS) is 17.2. The minimum Gasteiger partial charge on any atom is -0.355 e. The highest BCUT2D eigenvalue weighted by Gasteiger charge is 2.20. The molecule has 0 saturated heterocycles. The van der Waals surface area contributed by atoms with E-state index in [1.807, 2.05) is 0 Å². The van der Waals surface area contributed by atoms with E-state index in [-0.39, 0.29) is 0 Å². The van der Waals surface area contributed by atoms with Gasteiger partial charge in [0.25, 0.3) is 0 Å². The predicted octanol–water partition coefficient (Wildman–Crippen LogP) is 0.544. The molecular weight excluding hydrogens is 200 g/mol. The van der Waals surface area contributed by atoms with Crippen molar-refractivity contribution < 1.29 is 0 Å². The molecule has 1 aliphatic heterocycles. The molecule has 0 aromatic rings. The van der Waals surface area contributed by atoms with Crippen molar-refractivity contribution >= 4 is 0 Å². The average molecular weight is 226 g/mol. The minimum atomic E-state index is 0.500. The van der Waals surface area contributed by atoms with Crippen LogP contribution in [0.2, 0.25) is 0 Å². The van der Waals surface area contributed by atoms with Gasteiger partial charge in [-0.1, -0.05) is 0 Å². The Balaban J connectivity index is 2.30. The van der Waals surface area contributed by atoms with Crippen molar-refractivity contribution in [2.24, 2.45) is 0 Å². The van der Waals surface area contributed by atoms with Crippen molar-refractivity contribution in [1.82, 2.24) is 19.6 Å². The largest absolute Gasteiger partial charge is 0.355 e. The van der Waals surface area contributed by atoms with Crippen molar-refractivity contribution in [1.29, 1.82) is 0 Å². The Morgan fingerprint density at radius 3 is 1.56 bits per heavy atom. The maximum atomic E-state index is 2.40. The molecule has 16 heavy (non-hydrogen) atoms. The molecule has 1 heterocycles. The summed E-state index contributed by atoms with van der Waals surface area (Å²) in [7, 11) is 8.48. The van der Waals surface area contributed by atoms with Gasteiger partial charge in [-0.2, -0.15) is 0 Å². The quantitative estimate of drug-likeness (QED) is 0.655. The van der Waals surface area contributed by atoms with E-state index in [9.17, 15) is 0 Å². The van der Waals surface area contributed by atoms with Gasteiger partial charge in [0.15, 0.2) is 0 Å². The predicted molar refractivity (Wildman–Crippen MR) is 69.1 cm³/mol. The summed E-state index contributed by atoms with van der Waals surface area (Å²) in [5, 5.41) is 0. The van der Waals surface area contributed by atoms with Crippen LogP contribution in [0.15, 0.2) is 12.4 Å². The Hall–Kier alpha value is -0.740. The summed E-state index contributed by atoms with van der Waals surface area (Å²) in [5.41, 5.74) is 0. The molecule has 0 aliphatic carbocycles. The Morgan fingerprint density at radius 1 is 0.875 bits per heavy atom. The molecule has 0 unspecified atom stereocenters. The van der Waals surface area contributed by atoms with Gasteiger partial charge in [0.05, 0.1) is 6.17 Å². The van der Waals surface area contributed by atoms with Gasteiger partial charge in [0, 0.05) is 38.6 Å². The lowest BCUT2D eigenvalue weighted by Gasteiger charge is -2.31. The van der Waals surface area contributed by atoms with Gasteiger partial charge in [0.1, 0.15) is 0 Å². The molecule has 0 aromatic carbocycles. The number of likely N-dealkylation sites (N-methyl/N-ethyl adjacent to an activating group) is 2. The maximum absolute atomic E-state index is 2.40. The molecule has 0 fully saturated rings. The van der Waals surface area contributed by atoms with Crippen LogP contribution in [0.25, 0.3) is 0 Å². The zero-order chi connectivity index (χ0) is 12.1. The van der Waals surface area contributed by atoms with Gasteiger partial charge in [0.2, 0.25) is 0 Å². The van der Waals surface area contributed by atoms with E-state index in [1.54, 1.807) is 0 Å². The van der Waals surface area contributed by atoms with E-state index in [0.717, 1.165) is 26.2 Å². The van der Waals surface area contributed by atoms with E-state index in [0.29, 0.717) is 6.17 Å². The van der Waals surface area contributed by atoms with Gasteiger partial charge < -0.3 is 19.6 Å². The molecule has 1 rings (SSSR count). The molecule has 0 saturated carbocycles. The molecule has 0 radical (unpaired) electrons. The summed E-state index contributed by atoms with van der Waals surface area (Å²) >= 11 is 0. The summed E-state index contributed by atoms with van der Waals surface area (Å²) < 4.78 is 0. The monoisotopic (exact) mass is 226 g/mol. The lowest BCUT2D eigenvalue weighted by atomic mass is 10.4. The zero-order valence-corrected chi connectivity index (χ0v) is 11.3. The molecule has 0 atom stereocenters. The summed E-state index contributed by atoms with van der Waals surface area (Å²) in [6.07, 6.45) is 4.92. The summed E-state index contributed by atoms with van der Waals surface area (Å²) in [6.45, 7) is 6.68. The first kappa shape index (κ1) is 13.3. The van der Waals surface area contributed by atoms with Crippen molar-refractivity contribution in [3.8, 4) is 0 Å². The number of hydrogen-bond acceptors (Lipinski definition) is 4. The first-order chi connectivity index (χ1) is 7.50. The molecule has 0 aromatic heterocycles. The van der Waals surface area contributed by atoms with E-state index >= 15 is 0 Å². The van der Waals surface area contributed by atoms with E-state index in [4.69, 9.17) is 0 Å². The van der Waals surface area contributed by atoms with Crippen molar-refractivity contribution in [3.05, 3.63) is 12.4 Å². The van der Waals surface area contributed by atoms with Gasteiger partial charge in [-0.3, -0.25) is 0 Å². The average Bonchev–Trinajstić information content (AvgIpc) is 2.53. The van der Waals surface area contributed by atoms with Crippen LogP contribution in [0.3, 0.4) is 0 Å². The maximum Gasteiger partial charge on any atom is 0.0978 e. The van der Waals surface area contributed by atoms with Crippen LogP contribution in [0.5, 0.6) is 0 Å². The van der Waals surface area contributed by atoms with Crippen LogP contribution >= 0.6 is 0 Å². The second kappa shape index (κ2) is 6.11. The van der Waals surface area contributed by atoms with Crippen molar-refractivity contribution in [3.63, 3.8) is 0 Å². The fourth-order valence-electron chi connectivity index (χ4n) is 1.76. The second-order valence-electron chi connectivity index (χ2n) is 5.01.